The van der Waals surface area contributed by atoms with Crippen LogP contribution in [0.4, 0.5) is 0 Å². The second-order valence-electron chi connectivity index (χ2n) is 3.03. The Kier molecular flexibility index (Phi) is 3.54. The zero-order valence-electron chi connectivity index (χ0n) is 8.07. The van der Waals surface area contributed by atoms with E-state index in [0.717, 1.165) is 0 Å². The van der Waals surface area contributed by atoms with Crippen molar-refractivity contribution in [2.75, 3.05) is 0 Å². The van der Waals surface area contributed by atoms with Gasteiger partial charge in [0.05, 0.1) is 11.3 Å². The molecule has 1 amide bonds. The van der Waals surface area contributed by atoms with E-state index in [1.165, 1.54) is 18.3 Å². The Balaban J connectivity index is 3.12. The lowest BCUT2D eigenvalue weighted by Gasteiger charge is -2.15. The number of hydrogen-bond acceptors (Lipinski definition) is 5. The number of carbonyl (C=O) groups excluding carboxylic acids is 1. The summed E-state index contributed by atoms with van der Waals surface area (Å²) in [6, 6.07) is 2.55. The molecule has 0 aromatic carbocycles. The Morgan fingerprint density at radius 3 is 2.50 bits per heavy atom. The van der Waals surface area contributed by atoms with E-state index in [0.29, 0.717) is 0 Å². The summed E-state index contributed by atoms with van der Waals surface area (Å²) in [5.74, 6) is -2.48. The third kappa shape index (κ3) is 2.33. The average Bonchev–Trinajstić information content (AvgIpc) is 2.26. The highest BCUT2D eigenvalue weighted by Crippen LogP contribution is 2.18. The number of nitrogens with zero attached hydrogens (tertiary/aromatic N) is 1. The maximum Gasteiger partial charge on any atom is 0.337 e. The predicted molar refractivity (Wildman–Crippen MR) is 51.4 cm³/mol. The third-order valence-corrected chi connectivity index (χ3v) is 1.94. The number of carbonyl (C=O) groups is 2. The molecular weight excluding hydrogens is 216 g/mol. The highest BCUT2D eigenvalue weighted by Gasteiger charge is 2.28. The number of pyridine rings is 1. The molecule has 2 unspecified atom stereocenters. The number of amides is 1. The number of rotatable bonds is 4. The minimum Gasteiger partial charge on any atom is -0.478 e. The van der Waals surface area contributed by atoms with Gasteiger partial charge in [0, 0.05) is 6.20 Å². The fourth-order valence-electron chi connectivity index (χ4n) is 1.14. The molecule has 1 aromatic heterocycles. The van der Waals surface area contributed by atoms with Gasteiger partial charge in [-0.1, -0.05) is 0 Å². The monoisotopic (exact) mass is 226 g/mol. The quantitative estimate of drug-likeness (QED) is 0.502. The first-order chi connectivity index (χ1) is 7.45. The smallest absolute Gasteiger partial charge is 0.337 e. The first-order valence-corrected chi connectivity index (χ1v) is 4.28. The summed E-state index contributed by atoms with van der Waals surface area (Å²) in [4.78, 5) is 25.0. The zero-order valence-corrected chi connectivity index (χ0v) is 8.07. The Hall–Kier alpha value is -1.99. The van der Waals surface area contributed by atoms with E-state index in [9.17, 15) is 19.8 Å². The lowest BCUT2D eigenvalue weighted by molar-refractivity contribution is -0.132. The summed E-state index contributed by atoms with van der Waals surface area (Å²) >= 11 is 0. The van der Waals surface area contributed by atoms with E-state index >= 15 is 0 Å². The highest BCUT2D eigenvalue weighted by atomic mass is 16.4. The van der Waals surface area contributed by atoms with Gasteiger partial charge < -0.3 is 21.1 Å². The number of aliphatic hydroxyl groups is 2. The molecule has 1 heterocycles. The fourth-order valence-corrected chi connectivity index (χ4v) is 1.14. The SMILES string of the molecule is NC(=O)C(O)C(O)c1ncccc1C(=O)O. The Morgan fingerprint density at radius 2 is 2.00 bits per heavy atom. The molecule has 7 nitrogen and oxygen atoms in total. The molecule has 16 heavy (non-hydrogen) atoms. The van der Waals surface area contributed by atoms with Crippen molar-refractivity contribution in [3.8, 4) is 0 Å². The van der Waals surface area contributed by atoms with Gasteiger partial charge in [-0.2, -0.15) is 0 Å². The molecule has 1 aromatic rings. The van der Waals surface area contributed by atoms with Crippen LogP contribution in [0.5, 0.6) is 0 Å². The van der Waals surface area contributed by atoms with Crippen LogP contribution in [-0.2, 0) is 4.79 Å². The Morgan fingerprint density at radius 1 is 1.38 bits per heavy atom. The lowest BCUT2D eigenvalue weighted by atomic mass is 10.0. The van der Waals surface area contributed by atoms with Crippen LogP contribution in [0.15, 0.2) is 18.3 Å². The second-order valence-corrected chi connectivity index (χ2v) is 3.03. The third-order valence-electron chi connectivity index (χ3n) is 1.94. The average molecular weight is 226 g/mol. The van der Waals surface area contributed by atoms with Crippen molar-refractivity contribution >= 4 is 11.9 Å². The van der Waals surface area contributed by atoms with E-state index in [4.69, 9.17) is 10.8 Å². The molecule has 7 heteroatoms. The molecule has 0 aliphatic rings. The van der Waals surface area contributed by atoms with Gasteiger partial charge in [-0.25, -0.2) is 4.79 Å². The van der Waals surface area contributed by atoms with Gasteiger partial charge in [-0.3, -0.25) is 9.78 Å². The topological polar surface area (TPSA) is 134 Å². The van der Waals surface area contributed by atoms with Gasteiger partial charge in [0.1, 0.15) is 6.10 Å². The van der Waals surface area contributed by atoms with E-state index in [1.807, 2.05) is 0 Å². The summed E-state index contributed by atoms with van der Waals surface area (Å²) in [6.07, 6.45) is -2.42. The van der Waals surface area contributed by atoms with Crippen molar-refractivity contribution in [3.63, 3.8) is 0 Å². The van der Waals surface area contributed by atoms with Gasteiger partial charge in [-0.15, -0.1) is 0 Å². The zero-order chi connectivity index (χ0) is 12.3. The number of primary amides is 1. The first kappa shape index (κ1) is 12.1. The summed E-state index contributed by atoms with van der Waals surface area (Å²) in [5.41, 5.74) is 4.18. The van der Waals surface area contributed by atoms with Gasteiger partial charge >= 0.3 is 5.97 Å². The number of aromatic carboxylic acids is 1. The normalized spacial score (nSPS) is 14.1. The molecule has 0 saturated heterocycles. The summed E-state index contributed by atoms with van der Waals surface area (Å²) < 4.78 is 0. The summed E-state index contributed by atoms with van der Waals surface area (Å²) in [5, 5.41) is 27.5. The second kappa shape index (κ2) is 4.69. The fraction of sp³-hybridized carbons (Fsp3) is 0.222. The van der Waals surface area contributed by atoms with Crippen molar-refractivity contribution in [3.05, 3.63) is 29.6 Å². The van der Waals surface area contributed by atoms with Crippen LogP contribution >= 0.6 is 0 Å². The first-order valence-electron chi connectivity index (χ1n) is 4.28. The van der Waals surface area contributed by atoms with Crippen LogP contribution in [-0.4, -0.2) is 38.3 Å². The molecule has 0 aliphatic heterocycles. The standard InChI is InChI=1S/C9H10N2O5/c10-8(14)7(13)6(12)5-4(9(15)16)2-1-3-11-5/h1-3,6-7,12-13H,(H2,10,14)(H,15,16). The minimum atomic E-state index is -1.90. The molecule has 0 spiro atoms. The Labute approximate surface area is 90.2 Å². The molecule has 0 bridgehead atoms. The molecule has 0 fully saturated rings. The number of aliphatic hydroxyl groups excluding tert-OH is 2. The number of nitrogens with two attached hydrogens (primary N) is 1. The van der Waals surface area contributed by atoms with Gasteiger partial charge in [0.2, 0.25) is 5.91 Å². The molecule has 5 N–H and O–H groups in total. The molecule has 0 saturated carbocycles. The van der Waals surface area contributed by atoms with Gasteiger partial charge in [-0.05, 0) is 12.1 Å². The van der Waals surface area contributed by atoms with Crippen molar-refractivity contribution in [1.29, 1.82) is 0 Å². The molecule has 86 valence electrons. The van der Waals surface area contributed by atoms with Crippen LogP contribution in [0.25, 0.3) is 0 Å². The highest BCUT2D eigenvalue weighted by molar-refractivity contribution is 5.89. The van der Waals surface area contributed by atoms with E-state index in [2.05, 4.69) is 4.98 Å². The largest absolute Gasteiger partial charge is 0.478 e. The summed E-state index contributed by atoms with van der Waals surface area (Å²) in [6.45, 7) is 0. The maximum atomic E-state index is 10.8. The van der Waals surface area contributed by atoms with Crippen LogP contribution in [0, 0.1) is 0 Å². The van der Waals surface area contributed by atoms with Crippen LogP contribution in [0.2, 0.25) is 0 Å². The van der Waals surface area contributed by atoms with E-state index in [1.54, 1.807) is 0 Å². The molecule has 0 aliphatic carbocycles. The molecule has 1 rings (SSSR count). The number of hydrogen-bond donors (Lipinski definition) is 4. The molecule has 0 radical (unpaired) electrons. The van der Waals surface area contributed by atoms with Crippen LogP contribution < -0.4 is 5.73 Å². The number of aromatic nitrogens is 1. The van der Waals surface area contributed by atoms with Crippen LogP contribution in [0.3, 0.4) is 0 Å². The van der Waals surface area contributed by atoms with Crippen molar-refractivity contribution in [2.24, 2.45) is 5.73 Å². The minimum absolute atomic E-state index is 0.296. The number of carboxylic acid groups (broad SMARTS) is 1. The van der Waals surface area contributed by atoms with Crippen molar-refractivity contribution in [2.45, 2.75) is 12.2 Å². The molecule has 2 atom stereocenters. The van der Waals surface area contributed by atoms with Crippen LogP contribution in [0.1, 0.15) is 22.2 Å². The van der Waals surface area contributed by atoms with E-state index in [-0.39, 0.29) is 11.3 Å². The maximum absolute atomic E-state index is 10.8. The Bertz CT molecular complexity index is 420. The van der Waals surface area contributed by atoms with E-state index < -0.39 is 24.1 Å². The summed E-state index contributed by atoms with van der Waals surface area (Å²) in [7, 11) is 0. The van der Waals surface area contributed by atoms with Gasteiger partial charge in [0.25, 0.3) is 0 Å². The lowest BCUT2D eigenvalue weighted by Crippen LogP contribution is -2.35. The van der Waals surface area contributed by atoms with Crippen molar-refractivity contribution < 1.29 is 24.9 Å². The van der Waals surface area contributed by atoms with Gasteiger partial charge in [0.15, 0.2) is 6.10 Å². The predicted octanol–water partition coefficient (Wildman–Crippen LogP) is -1.34. The number of carboxylic acids is 1. The van der Waals surface area contributed by atoms with Crippen molar-refractivity contribution in [1.82, 2.24) is 4.98 Å². The molecular formula is C9H10N2O5.